The van der Waals surface area contributed by atoms with Gasteiger partial charge in [0.05, 0.1) is 28.1 Å². The summed E-state index contributed by atoms with van der Waals surface area (Å²) in [4.78, 5) is 46.2. The van der Waals surface area contributed by atoms with Crippen molar-refractivity contribution < 1.29 is 24.2 Å². The molecule has 1 aromatic rings. The van der Waals surface area contributed by atoms with Gasteiger partial charge in [0.15, 0.2) is 0 Å². The average Bonchev–Trinajstić information content (AvgIpc) is 3.08. The Labute approximate surface area is 203 Å². The lowest BCUT2D eigenvalue weighted by Gasteiger charge is -2.37. The average molecular weight is 486 g/mol. The highest BCUT2D eigenvalue weighted by atomic mass is 35.5. The molecule has 9 heteroatoms. The summed E-state index contributed by atoms with van der Waals surface area (Å²) in [6, 6.07) is 6.08. The number of benzene rings is 1. The van der Waals surface area contributed by atoms with Crippen molar-refractivity contribution in [3.05, 3.63) is 53.6 Å². The minimum Gasteiger partial charge on any atom is -0.396 e. The molecule has 1 N–H and O–H groups in total. The number of amides is 3. The minimum atomic E-state index is -1.31. The van der Waals surface area contributed by atoms with E-state index in [1.807, 2.05) is 25.2 Å². The molecule has 0 bridgehead atoms. The largest absolute Gasteiger partial charge is 0.396 e. The number of likely N-dealkylation sites (tertiary alicyclic amines) is 1. The summed E-state index contributed by atoms with van der Waals surface area (Å²) < 4.78 is 6.69. The van der Waals surface area contributed by atoms with E-state index in [1.54, 1.807) is 47.2 Å². The molecule has 180 valence electrons. The zero-order valence-corrected chi connectivity index (χ0v) is 19.9. The van der Waals surface area contributed by atoms with E-state index in [4.69, 9.17) is 16.3 Å². The Morgan fingerprint density at radius 2 is 1.79 bits per heavy atom. The van der Waals surface area contributed by atoms with Gasteiger partial charge in [-0.15, -0.1) is 0 Å². The van der Waals surface area contributed by atoms with Gasteiger partial charge >= 0.3 is 0 Å². The van der Waals surface area contributed by atoms with Crippen molar-refractivity contribution in [1.82, 2.24) is 9.80 Å². The smallest absolute Gasteiger partial charge is 0.253 e. The molecule has 4 heterocycles. The molecule has 8 nitrogen and oxygen atoms in total. The van der Waals surface area contributed by atoms with Crippen LogP contribution in [0.1, 0.15) is 13.3 Å². The van der Waals surface area contributed by atoms with Gasteiger partial charge in [-0.3, -0.25) is 14.4 Å². The first-order chi connectivity index (χ1) is 16.2. The lowest BCUT2D eigenvalue weighted by atomic mass is 9.74. The zero-order chi connectivity index (χ0) is 24.3. The van der Waals surface area contributed by atoms with Gasteiger partial charge in [0, 0.05) is 33.3 Å². The van der Waals surface area contributed by atoms with Gasteiger partial charge in [0.1, 0.15) is 11.6 Å². The minimum absolute atomic E-state index is 0.126. The number of nitrogens with zero attached hydrogens (tertiary/aromatic N) is 3. The monoisotopic (exact) mass is 485 g/mol. The van der Waals surface area contributed by atoms with Gasteiger partial charge in [-0.1, -0.05) is 48.0 Å². The number of anilines is 1. The molecule has 2 saturated heterocycles. The van der Waals surface area contributed by atoms with E-state index < -0.39 is 29.1 Å². The summed E-state index contributed by atoms with van der Waals surface area (Å²) >= 11 is 6.43. The zero-order valence-electron chi connectivity index (χ0n) is 19.2. The topological polar surface area (TPSA) is 90.4 Å². The number of aliphatic hydroxyl groups is 1. The molecule has 0 aromatic heterocycles. The summed E-state index contributed by atoms with van der Waals surface area (Å²) in [6.45, 7) is 2.55. The van der Waals surface area contributed by atoms with Crippen molar-refractivity contribution in [1.29, 1.82) is 0 Å². The third kappa shape index (κ3) is 3.16. The molecule has 1 unspecified atom stereocenters. The molecule has 3 amide bonds. The predicted molar refractivity (Wildman–Crippen MR) is 126 cm³/mol. The van der Waals surface area contributed by atoms with E-state index in [-0.39, 0.29) is 37.4 Å². The van der Waals surface area contributed by atoms with Gasteiger partial charge in [-0.2, -0.15) is 0 Å². The van der Waals surface area contributed by atoms with Gasteiger partial charge in [0.2, 0.25) is 11.8 Å². The Hall–Kier alpha value is -2.68. The number of fused-ring (bicyclic) bond motifs is 2. The van der Waals surface area contributed by atoms with Crippen LogP contribution in [0.3, 0.4) is 0 Å². The summed E-state index contributed by atoms with van der Waals surface area (Å²) in [6.07, 6.45) is 7.66. The van der Waals surface area contributed by atoms with Crippen LogP contribution in [0.25, 0.3) is 0 Å². The van der Waals surface area contributed by atoms with Crippen LogP contribution in [0.2, 0.25) is 5.02 Å². The van der Waals surface area contributed by atoms with Gasteiger partial charge in [-0.05, 0) is 25.5 Å². The molecule has 5 rings (SSSR count). The molecule has 0 radical (unpaired) electrons. The highest BCUT2D eigenvalue weighted by Crippen LogP contribution is 2.57. The third-order valence-electron chi connectivity index (χ3n) is 7.46. The maximum atomic E-state index is 14.1. The number of halogens is 1. The fraction of sp³-hybridized carbons (Fsp3) is 0.480. The molecule has 34 heavy (non-hydrogen) atoms. The van der Waals surface area contributed by atoms with E-state index in [2.05, 4.69) is 0 Å². The fourth-order valence-corrected chi connectivity index (χ4v) is 6.25. The van der Waals surface area contributed by atoms with Crippen LogP contribution in [0, 0.1) is 11.8 Å². The van der Waals surface area contributed by atoms with Crippen LogP contribution in [-0.2, 0) is 19.1 Å². The first kappa shape index (κ1) is 23.1. The number of aliphatic hydroxyl groups excluding tert-OH is 1. The van der Waals surface area contributed by atoms with E-state index >= 15 is 0 Å². The van der Waals surface area contributed by atoms with Crippen molar-refractivity contribution >= 4 is 35.0 Å². The molecule has 1 aromatic carbocycles. The second-order valence-corrected chi connectivity index (χ2v) is 9.94. The number of carbonyl (C=O) groups is 3. The molecule has 0 aliphatic carbocycles. The van der Waals surface area contributed by atoms with E-state index in [0.717, 1.165) is 0 Å². The normalized spacial score (nSPS) is 34.8. The van der Waals surface area contributed by atoms with Crippen molar-refractivity contribution in [3.63, 3.8) is 0 Å². The van der Waals surface area contributed by atoms with Crippen LogP contribution in [0.4, 0.5) is 5.69 Å². The maximum absolute atomic E-state index is 14.1. The van der Waals surface area contributed by atoms with Crippen molar-refractivity contribution in [2.75, 3.05) is 38.2 Å². The molecular formula is C25H28ClN3O5. The molecule has 2 fully saturated rings. The second kappa shape index (κ2) is 8.22. The molecule has 5 atom stereocenters. The first-order valence-corrected chi connectivity index (χ1v) is 11.9. The summed E-state index contributed by atoms with van der Waals surface area (Å²) in [5, 5.41) is 9.90. The number of likely N-dealkylation sites (N-methyl/N-ethyl adjacent to an activating group) is 1. The number of hydrogen-bond acceptors (Lipinski definition) is 5. The summed E-state index contributed by atoms with van der Waals surface area (Å²) in [5.41, 5.74) is -1.80. The molecule has 1 spiro atoms. The number of para-hydroxylation sites is 1. The molecule has 4 aliphatic heterocycles. The van der Waals surface area contributed by atoms with Crippen molar-refractivity contribution in [2.24, 2.45) is 11.8 Å². The number of ether oxygens (including phenoxy) is 1. The summed E-state index contributed by atoms with van der Waals surface area (Å²) in [7, 11) is 1.71. The van der Waals surface area contributed by atoms with E-state index in [0.29, 0.717) is 23.7 Å². The number of hydrogen-bond donors (Lipinski definition) is 1. The quantitative estimate of drug-likeness (QED) is 0.655. The lowest BCUT2D eigenvalue weighted by molar-refractivity contribution is -0.148. The highest BCUT2D eigenvalue weighted by Gasteiger charge is 2.74. The fourth-order valence-electron chi connectivity index (χ4n) is 6.01. The second-order valence-electron chi connectivity index (χ2n) is 9.53. The van der Waals surface area contributed by atoms with Crippen molar-refractivity contribution in [2.45, 2.75) is 30.6 Å². The van der Waals surface area contributed by atoms with E-state index in [1.165, 1.54) is 4.90 Å². The van der Waals surface area contributed by atoms with Gasteiger partial charge in [-0.25, -0.2) is 0 Å². The van der Waals surface area contributed by atoms with Crippen LogP contribution in [0.15, 0.2) is 48.6 Å². The Morgan fingerprint density at radius 1 is 1.06 bits per heavy atom. The Bertz CT molecular complexity index is 1110. The Morgan fingerprint density at radius 3 is 2.53 bits per heavy atom. The molecule has 4 aliphatic rings. The number of rotatable bonds is 4. The van der Waals surface area contributed by atoms with Crippen LogP contribution >= 0.6 is 11.6 Å². The molecular weight excluding hydrogens is 458 g/mol. The van der Waals surface area contributed by atoms with E-state index in [9.17, 15) is 19.5 Å². The number of carbonyl (C=O) groups excluding carboxylic acids is 3. The highest BCUT2D eigenvalue weighted by molar-refractivity contribution is 6.34. The summed E-state index contributed by atoms with van der Waals surface area (Å²) in [5.74, 6) is -2.43. The molecule has 0 saturated carbocycles. The standard InChI is InChI=1S/C25H28ClN3O5/c1-24-10-5-12-27(2)21(31)18(24)19-22(32)29(14-7-15-30)20-23(33)28(13-6-11-25(19,20)34-24)17-9-4-3-8-16(17)26/h3-6,8-11,18-20,30H,7,12-15H2,1-2H3/t18-,19+,20?,24+,25+/m1/s1. The predicted octanol–water partition coefficient (Wildman–Crippen LogP) is 1.62. The van der Waals surface area contributed by atoms with Gasteiger partial charge < -0.3 is 24.5 Å². The van der Waals surface area contributed by atoms with Gasteiger partial charge in [0.25, 0.3) is 5.91 Å². The van der Waals surface area contributed by atoms with Crippen LogP contribution in [0.5, 0.6) is 0 Å². The van der Waals surface area contributed by atoms with Crippen LogP contribution < -0.4 is 4.90 Å². The van der Waals surface area contributed by atoms with Crippen LogP contribution in [-0.4, -0.2) is 83.2 Å². The lowest BCUT2D eigenvalue weighted by Crippen LogP contribution is -2.56. The third-order valence-corrected chi connectivity index (χ3v) is 7.78. The Balaban J connectivity index is 1.66. The Kier molecular flexibility index (Phi) is 5.58. The SMILES string of the molecule is CN1CC=C[C@]2(C)O[C@]34C=CCN(c5ccccc5Cl)C(=O)C3N(CCCO)C(=O)[C@@H]4[C@@H]2C1=O. The maximum Gasteiger partial charge on any atom is 0.253 e. The van der Waals surface area contributed by atoms with Crippen molar-refractivity contribution in [3.8, 4) is 0 Å². The first-order valence-electron chi connectivity index (χ1n) is 11.5.